The number of rotatable bonds is 4. The van der Waals surface area contributed by atoms with Crippen molar-refractivity contribution in [2.75, 3.05) is 25.0 Å². The molecular weight excluding hydrogens is 240 g/mol. The third-order valence-electron chi connectivity index (χ3n) is 2.70. The first kappa shape index (κ1) is 12.4. The maximum atomic E-state index is 11.6. The minimum absolute atomic E-state index is 0.0337. The molecule has 0 bridgehead atoms. The quantitative estimate of drug-likeness (QED) is 0.853. The number of amides is 1. The second kappa shape index (κ2) is 5.49. The minimum atomic E-state index is -0.217. The summed E-state index contributed by atoms with van der Waals surface area (Å²) in [6.45, 7) is 2.03. The predicted octanol–water partition coefficient (Wildman–Crippen LogP) is 1.35. The number of β-amino-alcohol motifs (C(OH)–C–C–N with tert-alkyl or cyclic N) is 1. The number of aliphatic hydroxyl groups excluding tert-OH is 1. The van der Waals surface area contributed by atoms with Crippen LogP contribution in [0.15, 0.2) is 24.3 Å². The van der Waals surface area contributed by atoms with Crippen LogP contribution < -0.4 is 5.32 Å². The van der Waals surface area contributed by atoms with Gasteiger partial charge in [0.25, 0.3) is 0 Å². The van der Waals surface area contributed by atoms with E-state index in [4.69, 9.17) is 16.7 Å². The number of halogens is 1. The molecule has 1 aromatic carbocycles. The van der Waals surface area contributed by atoms with Crippen molar-refractivity contribution in [1.29, 1.82) is 0 Å². The van der Waals surface area contributed by atoms with Gasteiger partial charge in [-0.1, -0.05) is 17.7 Å². The maximum Gasteiger partial charge on any atom is 0.225 e. The third kappa shape index (κ3) is 3.70. The molecule has 2 N–H and O–H groups in total. The number of nitrogens with zero attached hydrogens (tertiary/aromatic N) is 1. The Labute approximate surface area is 105 Å². The van der Waals surface area contributed by atoms with Crippen molar-refractivity contribution in [2.24, 2.45) is 0 Å². The zero-order chi connectivity index (χ0) is 12.3. The predicted molar refractivity (Wildman–Crippen MR) is 67.1 cm³/mol. The van der Waals surface area contributed by atoms with Crippen molar-refractivity contribution < 1.29 is 9.90 Å². The standard InChI is InChI=1S/C12H15ClN2O2/c13-9-2-1-3-10(6-9)14-12(17)4-5-15-7-11(16)8-15/h1-3,6,11,16H,4-5,7-8H2,(H,14,17). The molecule has 4 nitrogen and oxygen atoms in total. The van der Waals surface area contributed by atoms with E-state index in [1.165, 1.54) is 0 Å². The summed E-state index contributed by atoms with van der Waals surface area (Å²) in [5.74, 6) is -0.0337. The lowest BCUT2D eigenvalue weighted by Crippen LogP contribution is -2.51. The molecule has 0 aliphatic carbocycles. The van der Waals surface area contributed by atoms with Crippen LogP contribution in [0.3, 0.4) is 0 Å². The Morgan fingerprint density at radius 2 is 2.29 bits per heavy atom. The average Bonchev–Trinajstić information content (AvgIpc) is 2.23. The fourth-order valence-electron chi connectivity index (χ4n) is 1.77. The van der Waals surface area contributed by atoms with Crippen molar-refractivity contribution in [2.45, 2.75) is 12.5 Å². The molecule has 0 saturated carbocycles. The van der Waals surface area contributed by atoms with Gasteiger partial charge in [0.15, 0.2) is 0 Å². The maximum absolute atomic E-state index is 11.6. The number of carbonyl (C=O) groups excluding carboxylic acids is 1. The van der Waals surface area contributed by atoms with Crippen LogP contribution in [0.4, 0.5) is 5.69 Å². The number of hydrogen-bond donors (Lipinski definition) is 2. The van der Waals surface area contributed by atoms with E-state index < -0.39 is 0 Å². The highest BCUT2D eigenvalue weighted by Gasteiger charge is 2.24. The Kier molecular flexibility index (Phi) is 3.99. The highest BCUT2D eigenvalue weighted by Crippen LogP contribution is 2.15. The molecular formula is C12H15ClN2O2. The molecule has 5 heteroatoms. The van der Waals surface area contributed by atoms with Crippen LogP contribution in [0.25, 0.3) is 0 Å². The Morgan fingerprint density at radius 1 is 1.53 bits per heavy atom. The first-order valence-electron chi connectivity index (χ1n) is 5.59. The lowest BCUT2D eigenvalue weighted by molar-refractivity contribution is -0.117. The second-order valence-corrected chi connectivity index (χ2v) is 4.66. The first-order valence-corrected chi connectivity index (χ1v) is 5.97. The Balaban J connectivity index is 1.73. The van der Waals surface area contributed by atoms with Crippen molar-refractivity contribution in [3.05, 3.63) is 29.3 Å². The molecule has 2 rings (SSSR count). The smallest absolute Gasteiger partial charge is 0.225 e. The molecule has 0 radical (unpaired) electrons. The molecule has 1 saturated heterocycles. The van der Waals surface area contributed by atoms with E-state index in [0.29, 0.717) is 36.8 Å². The van der Waals surface area contributed by atoms with Crippen LogP contribution >= 0.6 is 11.6 Å². The van der Waals surface area contributed by atoms with Crippen molar-refractivity contribution in [3.8, 4) is 0 Å². The van der Waals surface area contributed by atoms with Gasteiger partial charge in [0, 0.05) is 36.8 Å². The molecule has 92 valence electrons. The number of likely N-dealkylation sites (tertiary alicyclic amines) is 1. The van der Waals surface area contributed by atoms with E-state index in [0.717, 1.165) is 0 Å². The molecule has 1 aliphatic rings. The molecule has 1 aromatic rings. The number of carbonyl (C=O) groups is 1. The summed E-state index contributed by atoms with van der Waals surface area (Å²) in [7, 11) is 0. The summed E-state index contributed by atoms with van der Waals surface area (Å²) in [5.41, 5.74) is 0.714. The second-order valence-electron chi connectivity index (χ2n) is 4.22. The van der Waals surface area contributed by atoms with E-state index in [2.05, 4.69) is 5.32 Å². The monoisotopic (exact) mass is 254 g/mol. The summed E-state index contributed by atoms with van der Waals surface area (Å²) >= 11 is 5.82. The van der Waals surface area contributed by atoms with Gasteiger partial charge in [-0.25, -0.2) is 0 Å². The van der Waals surface area contributed by atoms with Gasteiger partial charge >= 0.3 is 0 Å². The van der Waals surface area contributed by atoms with Gasteiger partial charge in [-0.3, -0.25) is 9.69 Å². The van der Waals surface area contributed by atoms with Gasteiger partial charge in [-0.05, 0) is 18.2 Å². The number of aliphatic hydroxyl groups is 1. The Morgan fingerprint density at radius 3 is 2.94 bits per heavy atom. The average molecular weight is 255 g/mol. The number of nitrogens with one attached hydrogen (secondary N) is 1. The molecule has 0 unspecified atom stereocenters. The van der Waals surface area contributed by atoms with Gasteiger partial charge in [0.1, 0.15) is 0 Å². The van der Waals surface area contributed by atoms with E-state index in [9.17, 15) is 4.79 Å². The van der Waals surface area contributed by atoms with Crippen LogP contribution in [0.1, 0.15) is 6.42 Å². The van der Waals surface area contributed by atoms with Gasteiger partial charge in [-0.2, -0.15) is 0 Å². The Hall–Kier alpha value is -1.10. The minimum Gasteiger partial charge on any atom is -0.390 e. The lowest BCUT2D eigenvalue weighted by Gasteiger charge is -2.35. The topological polar surface area (TPSA) is 52.6 Å². The summed E-state index contributed by atoms with van der Waals surface area (Å²) in [6.07, 6.45) is 0.213. The SMILES string of the molecule is O=C(CCN1CC(O)C1)Nc1cccc(Cl)c1. The highest BCUT2D eigenvalue weighted by molar-refractivity contribution is 6.30. The molecule has 0 atom stereocenters. The molecule has 0 aromatic heterocycles. The van der Waals surface area contributed by atoms with Gasteiger partial charge in [-0.15, -0.1) is 0 Å². The summed E-state index contributed by atoms with van der Waals surface area (Å²) in [5, 5.41) is 12.5. The van der Waals surface area contributed by atoms with Crippen LogP contribution in [0, 0.1) is 0 Å². The van der Waals surface area contributed by atoms with Crippen LogP contribution in [-0.4, -0.2) is 41.7 Å². The normalized spacial score (nSPS) is 16.6. The lowest BCUT2D eigenvalue weighted by atomic mass is 10.1. The molecule has 17 heavy (non-hydrogen) atoms. The largest absolute Gasteiger partial charge is 0.390 e. The summed E-state index contributed by atoms with van der Waals surface area (Å²) < 4.78 is 0. The zero-order valence-corrected chi connectivity index (χ0v) is 10.2. The molecule has 1 fully saturated rings. The molecule has 0 spiro atoms. The van der Waals surface area contributed by atoms with E-state index in [1.54, 1.807) is 24.3 Å². The summed E-state index contributed by atoms with van der Waals surface area (Å²) in [6, 6.07) is 7.08. The van der Waals surface area contributed by atoms with E-state index >= 15 is 0 Å². The number of hydrogen-bond acceptors (Lipinski definition) is 3. The van der Waals surface area contributed by atoms with Crippen LogP contribution in [0.5, 0.6) is 0 Å². The van der Waals surface area contributed by atoms with Crippen LogP contribution in [0.2, 0.25) is 5.02 Å². The van der Waals surface area contributed by atoms with E-state index in [1.807, 2.05) is 4.90 Å². The van der Waals surface area contributed by atoms with Crippen molar-refractivity contribution >= 4 is 23.2 Å². The van der Waals surface area contributed by atoms with Crippen molar-refractivity contribution in [3.63, 3.8) is 0 Å². The van der Waals surface area contributed by atoms with Gasteiger partial charge in [0.2, 0.25) is 5.91 Å². The first-order chi connectivity index (χ1) is 8.13. The molecule has 1 aliphatic heterocycles. The van der Waals surface area contributed by atoms with E-state index in [-0.39, 0.29) is 12.0 Å². The third-order valence-corrected chi connectivity index (χ3v) is 2.94. The summed E-state index contributed by atoms with van der Waals surface area (Å²) in [4.78, 5) is 13.7. The molecule has 1 amide bonds. The number of benzene rings is 1. The molecule has 1 heterocycles. The number of anilines is 1. The van der Waals surface area contributed by atoms with Crippen LogP contribution in [-0.2, 0) is 4.79 Å². The van der Waals surface area contributed by atoms with Crippen molar-refractivity contribution in [1.82, 2.24) is 4.90 Å². The highest BCUT2D eigenvalue weighted by atomic mass is 35.5. The fourth-order valence-corrected chi connectivity index (χ4v) is 1.96. The fraction of sp³-hybridized carbons (Fsp3) is 0.417. The Bertz CT molecular complexity index is 405. The van der Waals surface area contributed by atoms with Gasteiger partial charge in [0.05, 0.1) is 6.10 Å². The zero-order valence-electron chi connectivity index (χ0n) is 9.40. The van der Waals surface area contributed by atoms with Gasteiger partial charge < -0.3 is 10.4 Å².